The molecule has 0 fully saturated rings. The minimum atomic E-state index is -0.552. The lowest BCUT2D eigenvalue weighted by Crippen LogP contribution is -2.26. The summed E-state index contributed by atoms with van der Waals surface area (Å²) in [6, 6.07) is 13.0. The number of amides is 1. The molecule has 0 saturated heterocycles. The Bertz CT molecular complexity index is 1280. The molecule has 1 atom stereocenters. The topological polar surface area (TPSA) is 69.0 Å². The van der Waals surface area contributed by atoms with Crippen molar-refractivity contribution in [1.29, 1.82) is 0 Å². The van der Waals surface area contributed by atoms with E-state index in [2.05, 4.69) is 10.3 Å². The van der Waals surface area contributed by atoms with Gasteiger partial charge in [0.25, 0.3) is 0 Å². The fourth-order valence-electron chi connectivity index (χ4n) is 3.54. The van der Waals surface area contributed by atoms with Crippen molar-refractivity contribution in [2.24, 2.45) is 0 Å². The number of hydrogen-bond acceptors (Lipinski definition) is 5. The van der Waals surface area contributed by atoms with Crippen LogP contribution >= 0.6 is 23.4 Å². The van der Waals surface area contributed by atoms with Gasteiger partial charge in [0.1, 0.15) is 17.6 Å². The number of methoxy groups -OCH3 is 1. The van der Waals surface area contributed by atoms with Gasteiger partial charge in [-0.15, -0.1) is 0 Å². The average molecular weight is 485 g/mol. The summed E-state index contributed by atoms with van der Waals surface area (Å²) >= 11 is 7.53. The van der Waals surface area contributed by atoms with E-state index >= 15 is 0 Å². The number of nitrogens with zero attached hydrogens (tertiary/aromatic N) is 3. The Morgan fingerprint density at radius 2 is 2.09 bits per heavy atom. The normalized spacial score (nSPS) is 12.0. The second kappa shape index (κ2) is 10.2. The highest BCUT2D eigenvalue weighted by Gasteiger charge is 2.25. The number of fused-ring (bicyclic) bond motifs is 1. The van der Waals surface area contributed by atoms with E-state index in [9.17, 15) is 9.18 Å². The molecule has 0 spiro atoms. The summed E-state index contributed by atoms with van der Waals surface area (Å²) in [7, 11) is 1.58. The molecular formula is C24H22ClFN4O2S. The lowest BCUT2D eigenvalue weighted by atomic mass is 10.2. The Morgan fingerprint density at radius 3 is 2.85 bits per heavy atom. The number of anilines is 1. The number of carbonyl (C=O) groups excluding carboxylic acids is 1. The Balaban J connectivity index is 1.67. The van der Waals surface area contributed by atoms with Crippen LogP contribution < -0.4 is 10.1 Å². The summed E-state index contributed by atoms with van der Waals surface area (Å²) in [5.74, 6) is 0.355. The molecule has 1 N–H and O–H groups in total. The Kier molecular flexibility index (Phi) is 7.15. The number of benzene rings is 2. The summed E-state index contributed by atoms with van der Waals surface area (Å²) in [4.78, 5) is 22.2. The van der Waals surface area contributed by atoms with E-state index in [1.165, 1.54) is 17.8 Å². The van der Waals surface area contributed by atoms with Gasteiger partial charge in [-0.05, 0) is 36.8 Å². The number of rotatable bonds is 8. The van der Waals surface area contributed by atoms with Gasteiger partial charge in [-0.1, -0.05) is 42.4 Å². The molecule has 0 saturated carbocycles. The van der Waals surface area contributed by atoms with Crippen LogP contribution in [0.2, 0.25) is 5.02 Å². The zero-order valence-corrected chi connectivity index (χ0v) is 19.7. The third kappa shape index (κ3) is 4.96. The van der Waals surface area contributed by atoms with Crippen LogP contribution in [-0.2, 0) is 10.5 Å². The summed E-state index contributed by atoms with van der Waals surface area (Å²) in [6.07, 6.45) is 3.85. The van der Waals surface area contributed by atoms with Crippen LogP contribution in [0.1, 0.15) is 24.9 Å². The first kappa shape index (κ1) is 23.1. The van der Waals surface area contributed by atoms with Gasteiger partial charge in [-0.3, -0.25) is 9.78 Å². The number of pyridine rings is 1. The van der Waals surface area contributed by atoms with E-state index in [0.717, 1.165) is 5.52 Å². The Labute approximate surface area is 200 Å². The van der Waals surface area contributed by atoms with Crippen LogP contribution in [0.3, 0.4) is 0 Å². The second-order valence-corrected chi connectivity index (χ2v) is 8.61. The lowest BCUT2D eigenvalue weighted by molar-refractivity contribution is -0.119. The van der Waals surface area contributed by atoms with E-state index < -0.39 is 6.04 Å². The van der Waals surface area contributed by atoms with Crippen molar-refractivity contribution >= 4 is 46.0 Å². The summed E-state index contributed by atoms with van der Waals surface area (Å²) in [6.45, 7) is 1.93. The highest BCUT2D eigenvalue weighted by atomic mass is 35.5. The molecule has 4 aromatic rings. The maximum atomic E-state index is 14.3. The van der Waals surface area contributed by atoms with Crippen molar-refractivity contribution in [2.75, 3.05) is 12.4 Å². The highest BCUT2D eigenvalue weighted by Crippen LogP contribution is 2.33. The molecule has 0 aliphatic carbocycles. The summed E-state index contributed by atoms with van der Waals surface area (Å²) < 4.78 is 21.4. The number of thioether (sulfide) groups is 1. The number of aromatic nitrogens is 3. The SMILES string of the molecule is CCC(C(=O)Nc1cccc(OC)c1)n1c(SCc2c(F)cccc2Cl)nc2ccncc21. The molecule has 2 aromatic carbocycles. The van der Waals surface area contributed by atoms with Gasteiger partial charge in [-0.2, -0.15) is 0 Å². The van der Waals surface area contributed by atoms with Crippen LogP contribution in [0.25, 0.3) is 11.0 Å². The Hall–Kier alpha value is -3.10. The predicted molar refractivity (Wildman–Crippen MR) is 129 cm³/mol. The fraction of sp³-hybridized carbons (Fsp3) is 0.208. The van der Waals surface area contributed by atoms with Gasteiger partial charge in [0, 0.05) is 34.3 Å². The largest absolute Gasteiger partial charge is 0.497 e. The summed E-state index contributed by atoms with van der Waals surface area (Å²) in [5.41, 5.74) is 2.47. The molecule has 0 aliphatic heterocycles. The predicted octanol–water partition coefficient (Wildman–Crippen LogP) is 6.11. The maximum absolute atomic E-state index is 14.3. The molecule has 6 nitrogen and oxygen atoms in total. The van der Waals surface area contributed by atoms with Gasteiger partial charge < -0.3 is 14.6 Å². The number of ether oxygens (including phenoxy) is 1. The van der Waals surface area contributed by atoms with Gasteiger partial charge >= 0.3 is 0 Å². The fourth-order valence-corrected chi connectivity index (χ4v) is 4.94. The van der Waals surface area contributed by atoms with Crippen LogP contribution in [0, 0.1) is 5.82 Å². The summed E-state index contributed by atoms with van der Waals surface area (Å²) in [5, 5.41) is 3.91. The standard InChI is InChI=1S/C24H22ClFN4O2S/c1-3-21(23(31)28-15-6-4-7-16(12-15)32-2)30-22-13-27-11-10-20(22)29-24(30)33-14-17-18(25)8-5-9-19(17)26/h4-13,21H,3,14H2,1-2H3,(H,28,31). The number of imidazole rings is 1. The molecule has 1 amide bonds. The first-order chi connectivity index (χ1) is 16.0. The minimum Gasteiger partial charge on any atom is -0.497 e. The molecule has 0 bridgehead atoms. The molecule has 0 radical (unpaired) electrons. The van der Waals surface area contributed by atoms with Gasteiger partial charge in [0.15, 0.2) is 5.16 Å². The molecular weight excluding hydrogens is 463 g/mol. The van der Waals surface area contributed by atoms with Gasteiger partial charge in [0.05, 0.1) is 24.3 Å². The zero-order chi connectivity index (χ0) is 23.4. The number of hydrogen-bond donors (Lipinski definition) is 1. The third-order valence-corrected chi connectivity index (χ3v) is 6.54. The van der Waals surface area contributed by atoms with Crippen LogP contribution in [0.15, 0.2) is 66.1 Å². The van der Waals surface area contributed by atoms with Gasteiger partial charge in [0.2, 0.25) is 5.91 Å². The van der Waals surface area contributed by atoms with Crippen molar-refractivity contribution < 1.29 is 13.9 Å². The first-order valence-electron chi connectivity index (χ1n) is 10.3. The van der Waals surface area contributed by atoms with Crippen molar-refractivity contribution in [1.82, 2.24) is 14.5 Å². The second-order valence-electron chi connectivity index (χ2n) is 7.26. The molecule has 4 rings (SSSR count). The number of carbonyl (C=O) groups is 1. The van der Waals surface area contributed by atoms with Crippen LogP contribution in [0.5, 0.6) is 5.75 Å². The zero-order valence-electron chi connectivity index (χ0n) is 18.1. The van der Waals surface area contributed by atoms with E-state index in [1.807, 2.05) is 23.6 Å². The highest BCUT2D eigenvalue weighted by molar-refractivity contribution is 7.98. The molecule has 33 heavy (non-hydrogen) atoms. The van der Waals surface area contributed by atoms with E-state index in [-0.39, 0.29) is 17.5 Å². The van der Waals surface area contributed by atoms with E-state index in [4.69, 9.17) is 21.3 Å². The van der Waals surface area contributed by atoms with Crippen molar-refractivity contribution in [2.45, 2.75) is 30.3 Å². The number of halogens is 2. The Morgan fingerprint density at radius 1 is 1.27 bits per heavy atom. The lowest BCUT2D eigenvalue weighted by Gasteiger charge is -2.20. The molecule has 9 heteroatoms. The first-order valence-corrected chi connectivity index (χ1v) is 11.7. The molecule has 0 aliphatic rings. The third-order valence-electron chi connectivity index (χ3n) is 5.21. The van der Waals surface area contributed by atoms with Gasteiger partial charge in [-0.25, -0.2) is 9.37 Å². The molecule has 1 unspecified atom stereocenters. The monoisotopic (exact) mass is 484 g/mol. The maximum Gasteiger partial charge on any atom is 0.247 e. The average Bonchev–Trinajstić information content (AvgIpc) is 3.17. The van der Waals surface area contributed by atoms with Crippen molar-refractivity contribution in [3.8, 4) is 5.75 Å². The number of nitrogens with one attached hydrogen (secondary N) is 1. The van der Waals surface area contributed by atoms with E-state index in [0.29, 0.717) is 39.1 Å². The smallest absolute Gasteiger partial charge is 0.247 e. The molecule has 2 heterocycles. The van der Waals surface area contributed by atoms with Crippen LogP contribution in [-0.4, -0.2) is 27.6 Å². The van der Waals surface area contributed by atoms with Crippen LogP contribution in [0.4, 0.5) is 10.1 Å². The molecule has 170 valence electrons. The minimum absolute atomic E-state index is 0.195. The quantitative estimate of drug-likeness (QED) is 0.305. The van der Waals surface area contributed by atoms with Crippen molar-refractivity contribution in [3.63, 3.8) is 0 Å². The molecule has 2 aromatic heterocycles. The van der Waals surface area contributed by atoms with Crippen molar-refractivity contribution in [3.05, 3.63) is 77.3 Å². The van der Waals surface area contributed by atoms with E-state index in [1.54, 1.807) is 49.8 Å².